The Morgan fingerprint density at radius 3 is 2.08 bits per heavy atom. The van der Waals surface area contributed by atoms with E-state index in [2.05, 4.69) is 15.7 Å². The lowest BCUT2D eigenvalue weighted by Crippen LogP contribution is -2.16. The second-order valence-corrected chi connectivity index (χ2v) is 8.49. The van der Waals surface area contributed by atoms with Gasteiger partial charge in [0.15, 0.2) is 0 Å². The zero-order valence-corrected chi connectivity index (χ0v) is 21.8. The molecular formula is C28H26ClFN4O4. The molecule has 2 N–H and O–H groups in total. The molecule has 196 valence electrons. The molecule has 0 fully saturated rings. The van der Waals surface area contributed by atoms with Crippen molar-refractivity contribution in [1.29, 1.82) is 0 Å². The quantitative estimate of drug-likeness (QED) is 0.263. The minimum Gasteiger partial charge on any atom is -0.492 e. The number of hydrogen-bond acceptors (Lipinski definition) is 5. The summed E-state index contributed by atoms with van der Waals surface area (Å²) < 4.78 is 26.6. The van der Waals surface area contributed by atoms with Gasteiger partial charge in [0.25, 0.3) is 11.8 Å². The van der Waals surface area contributed by atoms with Gasteiger partial charge in [-0.3, -0.25) is 9.59 Å². The molecule has 8 nitrogen and oxygen atoms in total. The summed E-state index contributed by atoms with van der Waals surface area (Å²) in [6.07, 6.45) is 0. The Balaban J connectivity index is 1.67. The predicted molar refractivity (Wildman–Crippen MR) is 144 cm³/mol. The van der Waals surface area contributed by atoms with Crippen LogP contribution in [0, 0.1) is 12.7 Å². The molecule has 0 radical (unpaired) electrons. The largest absolute Gasteiger partial charge is 0.492 e. The second-order valence-electron chi connectivity index (χ2n) is 8.13. The summed E-state index contributed by atoms with van der Waals surface area (Å²) in [4.78, 5) is 26.1. The minimum atomic E-state index is -0.528. The molecule has 3 aromatic carbocycles. The lowest BCUT2D eigenvalue weighted by atomic mass is 10.1. The van der Waals surface area contributed by atoms with Crippen molar-refractivity contribution < 1.29 is 23.5 Å². The maximum Gasteiger partial charge on any atom is 0.260 e. The smallest absolute Gasteiger partial charge is 0.260 e. The van der Waals surface area contributed by atoms with E-state index in [0.29, 0.717) is 47.5 Å². The summed E-state index contributed by atoms with van der Waals surface area (Å²) >= 11 is 6.57. The SMILES string of the molecule is CCOc1cc(NC(=O)c2c(C)nn(-c3ccccc3)c2Cl)c(OCC)cc1NC(=O)c1cccc(F)c1. The lowest BCUT2D eigenvalue weighted by Gasteiger charge is -2.18. The standard InChI is InChI=1S/C28H26ClFN4O4/c1-4-37-23-16-22(24(38-5-2)15-21(23)31-27(35)18-10-9-11-19(30)14-18)32-28(36)25-17(3)33-34(26(25)29)20-12-7-6-8-13-20/h6-16H,4-5H2,1-3H3,(H,31,35)(H,32,36). The first-order valence-electron chi connectivity index (χ1n) is 11.9. The summed E-state index contributed by atoms with van der Waals surface area (Å²) in [7, 11) is 0. The van der Waals surface area contributed by atoms with Gasteiger partial charge in [0.2, 0.25) is 0 Å². The molecule has 10 heteroatoms. The van der Waals surface area contributed by atoms with E-state index in [-0.39, 0.29) is 16.3 Å². The summed E-state index contributed by atoms with van der Waals surface area (Å²) in [5.74, 6) is -0.961. The van der Waals surface area contributed by atoms with Crippen molar-refractivity contribution in [3.63, 3.8) is 0 Å². The van der Waals surface area contributed by atoms with Gasteiger partial charge in [-0.15, -0.1) is 0 Å². The molecule has 0 saturated heterocycles. The van der Waals surface area contributed by atoms with E-state index in [9.17, 15) is 14.0 Å². The van der Waals surface area contributed by atoms with Gasteiger partial charge in [-0.05, 0) is 51.1 Å². The van der Waals surface area contributed by atoms with Gasteiger partial charge < -0.3 is 20.1 Å². The molecule has 0 aliphatic carbocycles. The normalized spacial score (nSPS) is 10.7. The van der Waals surface area contributed by atoms with Crippen molar-refractivity contribution in [2.75, 3.05) is 23.8 Å². The van der Waals surface area contributed by atoms with Crippen LogP contribution in [0.5, 0.6) is 11.5 Å². The third kappa shape index (κ3) is 5.78. The van der Waals surface area contributed by atoms with Crippen LogP contribution in [0.25, 0.3) is 5.69 Å². The van der Waals surface area contributed by atoms with Crippen molar-refractivity contribution in [2.24, 2.45) is 0 Å². The number of para-hydroxylation sites is 1. The average molecular weight is 537 g/mol. The van der Waals surface area contributed by atoms with Gasteiger partial charge in [-0.2, -0.15) is 5.10 Å². The fourth-order valence-corrected chi connectivity index (χ4v) is 4.17. The van der Waals surface area contributed by atoms with Gasteiger partial charge in [0.05, 0.1) is 36.0 Å². The Bertz CT molecular complexity index is 1470. The van der Waals surface area contributed by atoms with Crippen LogP contribution in [0.15, 0.2) is 66.7 Å². The number of ether oxygens (including phenoxy) is 2. The number of hydrogen-bond donors (Lipinski definition) is 2. The van der Waals surface area contributed by atoms with Gasteiger partial charge in [0, 0.05) is 17.7 Å². The van der Waals surface area contributed by atoms with Gasteiger partial charge in [0.1, 0.15) is 28.0 Å². The maximum absolute atomic E-state index is 13.6. The fraction of sp³-hybridized carbons (Fsp3) is 0.179. The number of aryl methyl sites for hydroxylation is 1. The fourth-order valence-electron chi connectivity index (χ4n) is 3.81. The highest BCUT2D eigenvalue weighted by Crippen LogP contribution is 2.38. The molecule has 2 amide bonds. The van der Waals surface area contributed by atoms with E-state index in [1.54, 1.807) is 32.9 Å². The molecule has 0 atom stereocenters. The molecule has 38 heavy (non-hydrogen) atoms. The molecular weight excluding hydrogens is 511 g/mol. The Morgan fingerprint density at radius 2 is 1.50 bits per heavy atom. The first kappa shape index (κ1) is 26.7. The van der Waals surface area contributed by atoms with Crippen LogP contribution < -0.4 is 20.1 Å². The number of nitrogens with one attached hydrogen (secondary N) is 2. The zero-order valence-electron chi connectivity index (χ0n) is 21.0. The van der Waals surface area contributed by atoms with Gasteiger partial charge in [-0.25, -0.2) is 9.07 Å². The summed E-state index contributed by atoms with van der Waals surface area (Å²) in [6, 6.07) is 17.7. The van der Waals surface area contributed by atoms with Crippen LogP contribution >= 0.6 is 11.6 Å². The van der Waals surface area contributed by atoms with E-state index < -0.39 is 17.6 Å². The Kier molecular flexibility index (Phi) is 8.28. The van der Waals surface area contributed by atoms with Crippen LogP contribution in [-0.4, -0.2) is 34.8 Å². The topological polar surface area (TPSA) is 94.5 Å². The molecule has 0 saturated carbocycles. The summed E-state index contributed by atoms with van der Waals surface area (Å²) in [5.41, 5.74) is 2.12. The number of carbonyl (C=O) groups excluding carboxylic acids is 2. The van der Waals surface area contributed by atoms with E-state index in [0.717, 1.165) is 6.07 Å². The number of halogens is 2. The summed E-state index contributed by atoms with van der Waals surface area (Å²) in [6.45, 7) is 5.85. The number of benzene rings is 3. The number of rotatable bonds is 9. The molecule has 1 aromatic heterocycles. The lowest BCUT2D eigenvalue weighted by molar-refractivity contribution is 0.101. The van der Waals surface area contributed by atoms with Crippen LogP contribution in [0.4, 0.5) is 15.8 Å². The van der Waals surface area contributed by atoms with Crippen LogP contribution in [0.1, 0.15) is 40.3 Å². The monoisotopic (exact) mass is 536 g/mol. The number of anilines is 2. The van der Waals surface area contributed by atoms with Gasteiger partial charge >= 0.3 is 0 Å². The van der Waals surface area contributed by atoms with Crippen molar-refractivity contribution in [1.82, 2.24) is 9.78 Å². The van der Waals surface area contributed by atoms with Gasteiger partial charge in [-0.1, -0.05) is 35.9 Å². The minimum absolute atomic E-state index is 0.142. The Morgan fingerprint density at radius 1 is 0.895 bits per heavy atom. The Labute approximate surface area is 224 Å². The highest BCUT2D eigenvalue weighted by molar-refractivity contribution is 6.34. The first-order valence-corrected chi connectivity index (χ1v) is 12.3. The number of aromatic nitrogens is 2. The molecule has 4 rings (SSSR count). The number of carbonyl (C=O) groups is 2. The third-order valence-corrected chi connectivity index (χ3v) is 5.85. The summed E-state index contributed by atoms with van der Waals surface area (Å²) in [5, 5.41) is 10.1. The number of nitrogens with zero attached hydrogens (tertiary/aromatic N) is 2. The molecule has 0 aliphatic heterocycles. The van der Waals surface area contributed by atoms with E-state index in [1.165, 1.54) is 22.9 Å². The van der Waals surface area contributed by atoms with Crippen molar-refractivity contribution >= 4 is 34.8 Å². The third-order valence-electron chi connectivity index (χ3n) is 5.50. The second kappa shape index (κ2) is 11.8. The zero-order chi connectivity index (χ0) is 27.2. The predicted octanol–water partition coefficient (Wildman–Crippen LogP) is 6.28. The highest BCUT2D eigenvalue weighted by Gasteiger charge is 2.23. The van der Waals surface area contributed by atoms with Crippen molar-refractivity contribution in [3.8, 4) is 17.2 Å². The average Bonchev–Trinajstić information content (AvgIpc) is 3.20. The van der Waals surface area contributed by atoms with Crippen molar-refractivity contribution in [2.45, 2.75) is 20.8 Å². The first-order chi connectivity index (χ1) is 18.3. The molecule has 4 aromatic rings. The van der Waals surface area contributed by atoms with Crippen molar-refractivity contribution in [3.05, 3.63) is 94.5 Å². The molecule has 0 bridgehead atoms. The number of amides is 2. The molecule has 0 aliphatic rings. The van der Waals surface area contributed by atoms with E-state index in [4.69, 9.17) is 21.1 Å². The Hall–Kier alpha value is -4.37. The maximum atomic E-state index is 13.6. The van der Waals surface area contributed by atoms with E-state index >= 15 is 0 Å². The van der Waals surface area contributed by atoms with Crippen LogP contribution in [0.3, 0.4) is 0 Å². The molecule has 0 spiro atoms. The molecule has 0 unspecified atom stereocenters. The molecule has 1 heterocycles. The highest BCUT2D eigenvalue weighted by atomic mass is 35.5. The van der Waals surface area contributed by atoms with Crippen LogP contribution in [-0.2, 0) is 0 Å². The van der Waals surface area contributed by atoms with E-state index in [1.807, 2.05) is 30.3 Å². The van der Waals surface area contributed by atoms with Crippen LogP contribution in [0.2, 0.25) is 5.15 Å².